The summed E-state index contributed by atoms with van der Waals surface area (Å²) in [5.74, 6) is 0.230. The lowest BCUT2D eigenvalue weighted by molar-refractivity contribution is 0.0185. The van der Waals surface area contributed by atoms with Gasteiger partial charge in [0.2, 0.25) is 0 Å². The van der Waals surface area contributed by atoms with Crippen LogP contribution in [0.1, 0.15) is 67.8 Å². The minimum Gasteiger partial charge on any atom is -0.459 e. The van der Waals surface area contributed by atoms with E-state index in [-0.39, 0.29) is 12.1 Å². The van der Waals surface area contributed by atoms with Crippen LogP contribution < -0.4 is 0 Å². The molecule has 0 amide bonds. The van der Waals surface area contributed by atoms with Gasteiger partial charge in [-0.3, -0.25) is 0 Å². The number of nitriles is 1. The maximum atomic E-state index is 12.3. The first-order chi connectivity index (χ1) is 11.7. The molecule has 1 aromatic rings. The normalized spacial score (nSPS) is 20.7. The van der Waals surface area contributed by atoms with Crippen LogP contribution in [0.2, 0.25) is 0 Å². The second kappa shape index (κ2) is 9.93. The van der Waals surface area contributed by atoms with Gasteiger partial charge < -0.3 is 4.74 Å². The third kappa shape index (κ3) is 5.85. The van der Waals surface area contributed by atoms with Crippen LogP contribution in [0.3, 0.4) is 0 Å². The largest absolute Gasteiger partial charge is 0.459 e. The second-order valence-electron chi connectivity index (χ2n) is 6.58. The maximum absolute atomic E-state index is 12.3. The van der Waals surface area contributed by atoms with E-state index in [9.17, 15) is 4.79 Å². The quantitative estimate of drug-likeness (QED) is 0.392. The lowest BCUT2D eigenvalue weighted by Crippen LogP contribution is -2.24. The van der Waals surface area contributed by atoms with Crippen molar-refractivity contribution >= 4 is 5.97 Å². The summed E-state index contributed by atoms with van der Waals surface area (Å²) in [6, 6.07) is 9.87. The van der Waals surface area contributed by atoms with E-state index in [4.69, 9.17) is 10.00 Å². The van der Waals surface area contributed by atoms with Gasteiger partial charge in [-0.2, -0.15) is 5.26 Å². The van der Waals surface area contributed by atoms with Crippen molar-refractivity contribution < 1.29 is 9.53 Å². The first-order valence-electron chi connectivity index (χ1n) is 9.09. The van der Waals surface area contributed by atoms with Gasteiger partial charge in [0.15, 0.2) is 0 Å². The smallest absolute Gasteiger partial charge is 0.338 e. The number of esters is 1. The molecule has 3 heteroatoms. The minimum absolute atomic E-state index is 0.00784. The number of unbranched alkanes of at least 4 members (excludes halogenated alkanes) is 2. The van der Waals surface area contributed by atoms with Crippen molar-refractivity contribution in [1.29, 1.82) is 5.26 Å². The van der Waals surface area contributed by atoms with Gasteiger partial charge in [0.25, 0.3) is 0 Å². The average molecular weight is 325 g/mol. The topological polar surface area (TPSA) is 50.1 Å². The highest BCUT2D eigenvalue weighted by molar-refractivity contribution is 5.89. The molecule has 1 fully saturated rings. The second-order valence-corrected chi connectivity index (χ2v) is 6.58. The fourth-order valence-corrected chi connectivity index (χ4v) is 3.18. The zero-order valence-electron chi connectivity index (χ0n) is 14.5. The van der Waals surface area contributed by atoms with E-state index in [1.807, 2.05) is 36.4 Å². The minimum atomic E-state index is -0.217. The number of hydrogen-bond acceptors (Lipinski definition) is 3. The van der Waals surface area contributed by atoms with Crippen LogP contribution in [0.15, 0.2) is 36.4 Å². The molecule has 24 heavy (non-hydrogen) atoms. The Morgan fingerprint density at radius 2 is 1.92 bits per heavy atom. The van der Waals surface area contributed by atoms with Gasteiger partial charge >= 0.3 is 5.97 Å². The Bertz CT molecular complexity index is 575. The summed E-state index contributed by atoms with van der Waals surface area (Å²) >= 11 is 0. The van der Waals surface area contributed by atoms with Crippen molar-refractivity contribution in [2.24, 2.45) is 5.92 Å². The molecular formula is C21H27NO2. The number of hydrogen-bond donors (Lipinski definition) is 0. The summed E-state index contributed by atoms with van der Waals surface area (Å²) in [6.07, 6.45) is 12.0. The molecule has 3 nitrogen and oxygen atoms in total. The predicted octanol–water partition coefficient (Wildman–Crippen LogP) is 5.21. The van der Waals surface area contributed by atoms with Crippen LogP contribution in [0.5, 0.6) is 0 Å². The van der Waals surface area contributed by atoms with Gasteiger partial charge in [-0.25, -0.2) is 4.79 Å². The van der Waals surface area contributed by atoms with E-state index >= 15 is 0 Å². The maximum Gasteiger partial charge on any atom is 0.338 e. The Labute approximate surface area is 145 Å². The van der Waals surface area contributed by atoms with Crippen molar-refractivity contribution in [1.82, 2.24) is 0 Å². The van der Waals surface area contributed by atoms with Crippen LogP contribution in [-0.4, -0.2) is 12.1 Å². The van der Waals surface area contributed by atoms with Gasteiger partial charge in [-0.05, 0) is 62.1 Å². The number of benzene rings is 1. The number of rotatable bonds is 7. The van der Waals surface area contributed by atoms with E-state index in [1.54, 1.807) is 6.08 Å². The van der Waals surface area contributed by atoms with Crippen LogP contribution >= 0.6 is 0 Å². The van der Waals surface area contributed by atoms with E-state index in [0.717, 1.165) is 32.1 Å². The highest BCUT2D eigenvalue weighted by Crippen LogP contribution is 2.27. The number of ether oxygens (including phenoxy) is 1. The van der Waals surface area contributed by atoms with Gasteiger partial charge in [-0.1, -0.05) is 38.0 Å². The molecule has 0 N–H and O–H groups in total. The van der Waals surface area contributed by atoms with Crippen LogP contribution in [-0.2, 0) is 11.2 Å². The number of carbonyl (C=O) groups is 1. The molecule has 0 heterocycles. The van der Waals surface area contributed by atoms with E-state index in [2.05, 4.69) is 6.92 Å². The first-order valence-corrected chi connectivity index (χ1v) is 9.09. The molecule has 0 aliphatic heterocycles. The Kier molecular flexibility index (Phi) is 7.55. The summed E-state index contributed by atoms with van der Waals surface area (Å²) in [5.41, 5.74) is 1.92. The number of allylic oxidation sites excluding steroid dienone is 2. The van der Waals surface area contributed by atoms with Crippen molar-refractivity contribution in [2.45, 2.75) is 64.4 Å². The van der Waals surface area contributed by atoms with E-state index in [1.165, 1.54) is 24.8 Å². The SMILES string of the molecule is CCCCCc1ccc(C(=O)OC2CCC(C=CC#N)CC2)cc1. The molecule has 0 aromatic heterocycles. The molecule has 0 radical (unpaired) electrons. The van der Waals surface area contributed by atoms with Gasteiger partial charge in [0.1, 0.15) is 6.10 Å². The molecule has 0 saturated heterocycles. The lowest BCUT2D eigenvalue weighted by atomic mass is 9.87. The monoisotopic (exact) mass is 325 g/mol. The van der Waals surface area contributed by atoms with Crippen molar-refractivity contribution in [2.75, 3.05) is 0 Å². The zero-order chi connectivity index (χ0) is 17.2. The van der Waals surface area contributed by atoms with Crippen LogP contribution in [0, 0.1) is 17.2 Å². The number of nitrogens with zero attached hydrogens (tertiary/aromatic N) is 1. The summed E-state index contributed by atoms with van der Waals surface area (Å²) < 4.78 is 5.64. The fraction of sp³-hybridized carbons (Fsp3) is 0.524. The molecular weight excluding hydrogens is 298 g/mol. The average Bonchev–Trinajstić information content (AvgIpc) is 2.62. The molecule has 1 aliphatic carbocycles. The summed E-state index contributed by atoms with van der Waals surface area (Å²) in [7, 11) is 0. The third-order valence-electron chi connectivity index (χ3n) is 4.69. The highest BCUT2D eigenvalue weighted by Gasteiger charge is 2.23. The molecule has 2 rings (SSSR count). The molecule has 1 aliphatic rings. The molecule has 0 spiro atoms. The van der Waals surface area contributed by atoms with Gasteiger partial charge in [0.05, 0.1) is 11.6 Å². The van der Waals surface area contributed by atoms with Crippen molar-refractivity contribution in [3.8, 4) is 6.07 Å². The van der Waals surface area contributed by atoms with E-state index < -0.39 is 0 Å². The molecule has 0 bridgehead atoms. The predicted molar refractivity (Wildman–Crippen MR) is 95.6 cm³/mol. The third-order valence-corrected chi connectivity index (χ3v) is 4.69. The fourth-order valence-electron chi connectivity index (χ4n) is 3.18. The highest BCUT2D eigenvalue weighted by atomic mass is 16.5. The first kappa shape index (κ1) is 18.3. The Balaban J connectivity index is 1.78. The molecule has 0 unspecified atom stereocenters. The zero-order valence-corrected chi connectivity index (χ0v) is 14.5. The summed E-state index contributed by atoms with van der Waals surface area (Å²) in [6.45, 7) is 2.20. The number of aryl methyl sites for hydroxylation is 1. The van der Waals surface area contributed by atoms with Crippen LogP contribution in [0.4, 0.5) is 0 Å². The number of carbonyl (C=O) groups excluding carboxylic acids is 1. The van der Waals surface area contributed by atoms with Gasteiger partial charge in [0, 0.05) is 6.08 Å². The summed E-state index contributed by atoms with van der Waals surface area (Å²) in [5, 5.41) is 8.57. The van der Waals surface area contributed by atoms with Gasteiger partial charge in [-0.15, -0.1) is 0 Å². The molecule has 1 saturated carbocycles. The van der Waals surface area contributed by atoms with E-state index in [0.29, 0.717) is 11.5 Å². The van der Waals surface area contributed by atoms with Crippen LogP contribution in [0.25, 0.3) is 0 Å². The molecule has 1 aromatic carbocycles. The Morgan fingerprint density at radius 3 is 2.54 bits per heavy atom. The standard InChI is InChI=1S/C21H27NO2/c1-2-3-4-6-17-8-12-19(13-9-17)21(23)24-20-14-10-18(11-15-20)7-5-16-22/h5,7-9,12-13,18,20H,2-4,6,10-11,14-15H2,1H3. The Hall–Kier alpha value is -2.08. The lowest BCUT2D eigenvalue weighted by Gasteiger charge is -2.26. The van der Waals surface area contributed by atoms with Crippen molar-refractivity contribution in [3.05, 3.63) is 47.5 Å². The summed E-state index contributed by atoms with van der Waals surface area (Å²) in [4.78, 5) is 12.3. The van der Waals surface area contributed by atoms with Crippen molar-refractivity contribution in [3.63, 3.8) is 0 Å². The Morgan fingerprint density at radius 1 is 1.21 bits per heavy atom. The molecule has 0 atom stereocenters. The molecule has 128 valence electrons.